The van der Waals surface area contributed by atoms with Crippen LogP contribution < -0.4 is 0 Å². The van der Waals surface area contributed by atoms with Crippen LogP contribution in [-0.4, -0.2) is 37.0 Å². The van der Waals surface area contributed by atoms with Crippen LogP contribution in [0.15, 0.2) is 23.8 Å². The second-order valence-electron chi connectivity index (χ2n) is 5.40. The number of ether oxygens (including phenoxy) is 2. The van der Waals surface area contributed by atoms with E-state index in [9.17, 15) is 9.90 Å². The minimum Gasteiger partial charge on any atom is -0.461 e. The number of allylic oxidation sites excluding steroid dienone is 1. The van der Waals surface area contributed by atoms with Crippen LogP contribution in [0, 0.1) is 5.92 Å². The zero-order valence-corrected chi connectivity index (χ0v) is 12.7. The highest BCUT2D eigenvalue weighted by atomic mass is 16.5. The highest BCUT2D eigenvalue weighted by Gasteiger charge is 2.21. The summed E-state index contributed by atoms with van der Waals surface area (Å²) in [4.78, 5) is 11.5. The minimum atomic E-state index is -0.607. The van der Waals surface area contributed by atoms with Gasteiger partial charge in [0, 0.05) is 19.4 Å². The predicted octanol–water partition coefficient (Wildman–Crippen LogP) is 2.62. The number of carbonyl (C=O) groups is 1. The smallest absolute Gasteiger partial charge is 0.306 e. The van der Waals surface area contributed by atoms with Crippen molar-refractivity contribution in [2.75, 3.05) is 13.7 Å². The van der Waals surface area contributed by atoms with Crippen LogP contribution in [0.4, 0.5) is 0 Å². The van der Waals surface area contributed by atoms with E-state index in [2.05, 4.69) is 0 Å². The monoisotopic (exact) mass is 282 g/mol. The topological polar surface area (TPSA) is 55.8 Å². The molecule has 0 aromatic rings. The summed E-state index contributed by atoms with van der Waals surface area (Å²) in [6, 6.07) is 0. The quantitative estimate of drug-likeness (QED) is 0.593. The maximum absolute atomic E-state index is 11.5. The molecule has 4 nitrogen and oxygen atoms in total. The van der Waals surface area contributed by atoms with Crippen molar-refractivity contribution in [3.8, 4) is 0 Å². The van der Waals surface area contributed by atoms with E-state index in [1.54, 1.807) is 7.11 Å². The van der Waals surface area contributed by atoms with Gasteiger partial charge in [-0.1, -0.05) is 25.2 Å². The van der Waals surface area contributed by atoms with E-state index in [0.29, 0.717) is 13.0 Å². The molecule has 114 valence electrons. The molecule has 4 heteroatoms. The average molecular weight is 282 g/mol. The van der Waals surface area contributed by atoms with E-state index >= 15 is 0 Å². The van der Waals surface area contributed by atoms with Crippen LogP contribution in [0.25, 0.3) is 0 Å². The van der Waals surface area contributed by atoms with Crippen molar-refractivity contribution in [2.45, 2.75) is 51.7 Å². The SMILES string of the molecule is COC1/C=C\CCCCC(=O)OC/C(C)=C/[C@@H](C)[C@@H]1O. The molecule has 1 N–H and O–H groups in total. The lowest BCUT2D eigenvalue weighted by Gasteiger charge is -2.23. The fraction of sp³-hybridized carbons (Fsp3) is 0.688. The molecule has 20 heavy (non-hydrogen) atoms. The summed E-state index contributed by atoms with van der Waals surface area (Å²) in [7, 11) is 1.60. The number of hydrogen-bond acceptors (Lipinski definition) is 4. The summed E-state index contributed by atoms with van der Waals surface area (Å²) >= 11 is 0. The number of rotatable bonds is 1. The summed E-state index contributed by atoms with van der Waals surface area (Å²) in [6.45, 7) is 4.13. The number of cyclic esters (lactones) is 1. The predicted molar refractivity (Wildman–Crippen MR) is 78.3 cm³/mol. The van der Waals surface area contributed by atoms with Crippen LogP contribution in [0.2, 0.25) is 0 Å². The molecule has 0 radical (unpaired) electrons. The molecule has 1 aliphatic heterocycles. The molecule has 0 saturated carbocycles. The van der Waals surface area contributed by atoms with Crippen molar-refractivity contribution in [3.63, 3.8) is 0 Å². The molecular formula is C16H26O4. The Morgan fingerprint density at radius 1 is 1.40 bits per heavy atom. The molecule has 0 aromatic carbocycles. The first-order valence-electron chi connectivity index (χ1n) is 7.25. The molecular weight excluding hydrogens is 256 g/mol. The van der Waals surface area contributed by atoms with Crippen molar-refractivity contribution in [1.29, 1.82) is 0 Å². The molecule has 1 rings (SSSR count). The van der Waals surface area contributed by atoms with Crippen LogP contribution in [0.1, 0.15) is 39.5 Å². The van der Waals surface area contributed by atoms with Crippen molar-refractivity contribution < 1.29 is 19.4 Å². The Hall–Kier alpha value is -1.13. The first-order chi connectivity index (χ1) is 9.54. The molecule has 0 spiro atoms. The number of carbonyl (C=O) groups excluding carboxylic acids is 1. The second-order valence-corrected chi connectivity index (χ2v) is 5.40. The maximum Gasteiger partial charge on any atom is 0.306 e. The van der Waals surface area contributed by atoms with Gasteiger partial charge in [0.05, 0.1) is 6.10 Å². The molecule has 1 unspecified atom stereocenters. The van der Waals surface area contributed by atoms with Gasteiger partial charge in [0.25, 0.3) is 0 Å². The van der Waals surface area contributed by atoms with Crippen molar-refractivity contribution >= 4 is 5.97 Å². The van der Waals surface area contributed by atoms with Gasteiger partial charge in [0.2, 0.25) is 0 Å². The van der Waals surface area contributed by atoms with Gasteiger partial charge in [-0.05, 0) is 31.8 Å². The highest BCUT2D eigenvalue weighted by molar-refractivity contribution is 5.69. The number of esters is 1. The molecule has 0 saturated heterocycles. The Balaban J connectivity index is 2.78. The summed E-state index contributed by atoms with van der Waals surface area (Å²) in [5.41, 5.74) is 0.945. The third kappa shape index (κ3) is 5.88. The van der Waals surface area contributed by atoms with Crippen molar-refractivity contribution in [2.24, 2.45) is 5.92 Å². The Morgan fingerprint density at radius 2 is 2.15 bits per heavy atom. The number of hydrogen-bond donors (Lipinski definition) is 1. The average Bonchev–Trinajstić information content (AvgIpc) is 2.43. The van der Waals surface area contributed by atoms with Gasteiger partial charge >= 0.3 is 5.97 Å². The van der Waals surface area contributed by atoms with Crippen LogP contribution in [0.5, 0.6) is 0 Å². The molecule has 3 atom stereocenters. The third-order valence-corrected chi connectivity index (χ3v) is 3.48. The van der Waals surface area contributed by atoms with E-state index in [0.717, 1.165) is 24.8 Å². The summed E-state index contributed by atoms with van der Waals surface area (Å²) in [5, 5.41) is 10.3. The zero-order valence-electron chi connectivity index (χ0n) is 12.7. The zero-order chi connectivity index (χ0) is 15.0. The molecule has 1 heterocycles. The van der Waals surface area contributed by atoms with Crippen LogP contribution >= 0.6 is 0 Å². The van der Waals surface area contributed by atoms with E-state index in [1.807, 2.05) is 32.1 Å². The number of aliphatic hydroxyl groups is 1. The van der Waals surface area contributed by atoms with Gasteiger partial charge in [-0.2, -0.15) is 0 Å². The maximum atomic E-state index is 11.5. The molecule has 0 fully saturated rings. The minimum absolute atomic E-state index is 0.0637. The fourth-order valence-electron chi connectivity index (χ4n) is 2.25. The Morgan fingerprint density at radius 3 is 2.85 bits per heavy atom. The molecule has 0 bridgehead atoms. The third-order valence-electron chi connectivity index (χ3n) is 3.48. The van der Waals surface area contributed by atoms with Crippen molar-refractivity contribution in [1.82, 2.24) is 0 Å². The number of aliphatic hydroxyl groups excluding tert-OH is 1. The molecule has 0 aliphatic carbocycles. The molecule has 1 aliphatic rings. The fourth-order valence-corrected chi connectivity index (χ4v) is 2.25. The normalized spacial score (nSPS) is 34.5. The lowest BCUT2D eigenvalue weighted by molar-refractivity contribution is -0.142. The largest absolute Gasteiger partial charge is 0.461 e. The summed E-state index contributed by atoms with van der Waals surface area (Å²) in [5.74, 6) is -0.215. The van der Waals surface area contributed by atoms with E-state index in [-0.39, 0.29) is 18.0 Å². The van der Waals surface area contributed by atoms with E-state index < -0.39 is 6.10 Å². The summed E-state index contributed by atoms with van der Waals surface area (Å²) in [6.07, 6.45) is 8.04. The molecule has 0 amide bonds. The summed E-state index contributed by atoms with van der Waals surface area (Å²) < 4.78 is 10.5. The van der Waals surface area contributed by atoms with E-state index in [4.69, 9.17) is 9.47 Å². The second kappa shape index (κ2) is 8.93. The van der Waals surface area contributed by atoms with Crippen LogP contribution in [-0.2, 0) is 14.3 Å². The first kappa shape index (κ1) is 16.9. The van der Waals surface area contributed by atoms with E-state index in [1.165, 1.54) is 0 Å². The lowest BCUT2D eigenvalue weighted by atomic mass is 9.96. The lowest BCUT2D eigenvalue weighted by Crippen LogP contribution is -2.31. The van der Waals surface area contributed by atoms with Gasteiger partial charge in [-0.15, -0.1) is 0 Å². The Bertz CT molecular complexity index is 359. The molecule has 0 aromatic heterocycles. The van der Waals surface area contributed by atoms with Gasteiger partial charge in [-0.3, -0.25) is 4.79 Å². The van der Waals surface area contributed by atoms with Gasteiger partial charge in [-0.25, -0.2) is 0 Å². The number of methoxy groups -OCH3 is 1. The van der Waals surface area contributed by atoms with Crippen LogP contribution in [0.3, 0.4) is 0 Å². The highest BCUT2D eigenvalue weighted by Crippen LogP contribution is 2.16. The Labute approximate surface area is 121 Å². The standard InChI is InChI=1S/C16H26O4/c1-12-10-13(2)16(18)14(19-3)8-6-4-5-7-9-15(17)20-11-12/h6,8,10,13-14,16,18H,4-5,7,9,11H2,1-3H3/b8-6-,12-10+/t13-,14?,16+/m1/s1. The first-order valence-corrected chi connectivity index (χ1v) is 7.25. The van der Waals surface area contributed by atoms with Gasteiger partial charge in [0.15, 0.2) is 0 Å². The van der Waals surface area contributed by atoms with Gasteiger partial charge in [0.1, 0.15) is 12.7 Å². The van der Waals surface area contributed by atoms with Gasteiger partial charge < -0.3 is 14.6 Å². The Kier molecular flexibility index (Phi) is 7.55. The van der Waals surface area contributed by atoms with Crippen molar-refractivity contribution in [3.05, 3.63) is 23.8 Å².